The molecule has 15 heavy (non-hydrogen) atoms. The number of nitrogens with one attached hydrogen (secondary N) is 1. The molecule has 2 aliphatic rings. The van der Waals surface area contributed by atoms with Gasteiger partial charge in [0.2, 0.25) is 4.93 Å². The summed E-state index contributed by atoms with van der Waals surface area (Å²) in [5.74, 6) is 0.803. The van der Waals surface area contributed by atoms with Crippen molar-refractivity contribution >= 4 is 39.3 Å². The second-order valence-corrected chi connectivity index (χ2v) is 5.65. The van der Waals surface area contributed by atoms with Crippen LogP contribution < -0.4 is 5.32 Å². The molecule has 1 N–H and O–H groups in total. The van der Waals surface area contributed by atoms with E-state index in [2.05, 4.69) is 21.2 Å². The number of halogens is 1. The molecule has 5 heteroatoms. The smallest absolute Gasteiger partial charge is 0.272 e. The Morgan fingerprint density at radius 1 is 1.53 bits per heavy atom. The lowest BCUT2D eigenvalue weighted by Gasteiger charge is -2.19. The molecule has 2 aliphatic heterocycles. The molecule has 0 aliphatic carbocycles. The minimum atomic E-state index is -0.793. The lowest BCUT2D eigenvalue weighted by atomic mass is 10.1. The van der Waals surface area contributed by atoms with E-state index < -0.39 is 4.93 Å². The van der Waals surface area contributed by atoms with Crippen LogP contribution in [0, 0.1) is 0 Å². The topological polar surface area (TPSA) is 38.3 Å². The molecule has 1 aromatic carbocycles. The Morgan fingerprint density at radius 3 is 3.13 bits per heavy atom. The fourth-order valence-corrected chi connectivity index (χ4v) is 3.41. The molecule has 1 saturated heterocycles. The number of fused-ring (bicyclic) bond motifs is 2. The zero-order valence-corrected chi connectivity index (χ0v) is 10.2. The quantitative estimate of drug-likeness (QED) is 0.795. The molecule has 3 rings (SSSR count). The lowest BCUT2D eigenvalue weighted by Crippen LogP contribution is -2.30. The van der Waals surface area contributed by atoms with Crippen molar-refractivity contribution in [3.05, 3.63) is 28.2 Å². The third kappa shape index (κ3) is 1.26. The van der Waals surface area contributed by atoms with Crippen LogP contribution in [0.2, 0.25) is 0 Å². The first-order valence-corrected chi connectivity index (χ1v) is 6.40. The maximum absolute atomic E-state index is 11.9. The van der Waals surface area contributed by atoms with Crippen molar-refractivity contribution in [3.63, 3.8) is 0 Å². The number of carbonyl (C=O) groups excluding carboxylic acids is 1. The minimum Gasteiger partial charge on any atom is -0.350 e. The zero-order valence-electron chi connectivity index (χ0n) is 7.75. The van der Waals surface area contributed by atoms with E-state index >= 15 is 0 Å². The van der Waals surface area contributed by atoms with Crippen LogP contribution in [-0.4, -0.2) is 18.3 Å². The molecule has 1 aromatic rings. The number of hydrogen-bond acceptors (Lipinski definition) is 3. The van der Waals surface area contributed by atoms with Crippen LogP contribution in [0.25, 0.3) is 0 Å². The lowest BCUT2D eigenvalue weighted by molar-refractivity contribution is -0.128. The van der Waals surface area contributed by atoms with E-state index in [-0.39, 0.29) is 5.91 Å². The predicted octanol–water partition coefficient (Wildman–Crippen LogP) is 2.32. The molecule has 0 saturated carbocycles. The van der Waals surface area contributed by atoms with E-state index in [1.54, 1.807) is 11.8 Å². The normalized spacial score (nSPS) is 28.2. The monoisotopic (exact) mass is 285 g/mol. The largest absolute Gasteiger partial charge is 0.350 e. The molecular formula is C10H8BrNO2S. The number of carbonyl (C=O) groups is 1. The van der Waals surface area contributed by atoms with Gasteiger partial charge in [0, 0.05) is 21.5 Å². The highest BCUT2D eigenvalue weighted by Crippen LogP contribution is 2.50. The van der Waals surface area contributed by atoms with Crippen molar-refractivity contribution < 1.29 is 9.53 Å². The van der Waals surface area contributed by atoms with E-state index in [0.717, 1.165) is 21.5 Å². The molecule has 1 amide bonds. The molecule has 0 bridgehead atoms. The van der Waals surface area contributed by atoms with E-state index in [1.165, 1.54) is 0 Å². The Bertz CT molecular complexity index is 443. The van der Waals surface area contributed by atoms with Gasteiger partial charge in [0.25, 0.3) is 5.91 Å². The molecule has 1 spiro atoms. The molecule has 3 nitrogen and oxygen atoms in total. The number of ether oxygens (including phenoxy) is 1. The highest BCUT2D eigenvalue weighted by molar-refractivity contribution is 9.10. The molecular weight excluding hydrogens is 278 g/mol. The number of amides is 1. The van der Waals surface area contributed by atoms with Crippen LogP contribution in [0.5, 0.6) is 0 Å². The maximum Gasteiger partial charge on any atom is 0.272 e. The van der Waals surface area contributed by atoms with Crippen LogP contribution in [0.4, 0.5) is 5.69 Å². The van der Waals surface area contributed by atoms with Crippen molar-refractivity contribution in [2.24, 2.45) is 0 Å². The third-order valence-corrected chi connectivity index (χ3v) is 4.37. The summed E-state index contributed by atoms with van der Waals surface area (Å²) < 4.78 is 6.59. The SMILES string of the molecule is O=C1Nc2ccc(Br)cc2[C@@]12OCCS2. The van der Waals surface area contributed by atoms with Gasteiger partial charge in [0.1, 0.15) is 0 Å². The highest BCUT2D eigenvalue weighted by Gasteiger charge is 2.51. The zero-order chi connectivity index (χ0) is 10.5. The van der Waals surface area contributed by atoms with Crippen LogP contribution in [0.15, 0.2) is 22.7 Å². The average Bonchev–Trinajstić information content (AvgIpc) is 2.78. The molecule has 1 fully saturated rings. The van der Waals surface area contributed by atoms with Gasteiger partial charge in [0.05, 0.1) is 6.61 Å². The van der Waals surface area contributed by atoms with Gasteiger partial charge in [-0.25, -0.2) is 0 Å². The van der Waals surface area contributed by atoms with E-state index in [9.17, 15) is 4.79 Å². The summed E-state index contributed by atoms with van der Waals surface area (Å²) >= 11 is 4.97. The average molecular weight is 286 g/mol. The van der Waals surface area contributed by atoms with Crippen molar-refractivity contribution in [2.75, 3.05) is 17.7 Å². The van der Waals surface area contributed by atoms with Crippen molar-refractivity contribution in [3.8, 4) is 0 Å². The van der Waals surface area contributed by atoms with Gasteiger partial charge in [-0.15, -0.1) is 11.8 Å². The summed E-state index contributed by atoms with van der Waals surface area (Å²) in [6, 6.07) is 5.76. The Hall–Kier alpha value is -0.520. The molecule has 78 valence electrons. The summed E-state index contributed by atoms with van der Waals surface area (Å²) in [4.78, 5) is 11.1. The van der Waals surface area contributed by atoms with Crippen molar-refractivity contribution in [2.45, 2.75) is 4.93 Å². The fraction of sp³-hybridized carbons (Fsp3) is 0.300. The van der Waals surface area contributed by atoms with Gasteiger partial charge in [0.15, 0.2) is 0 Å². The summed E-state index contributed by atoms with van der Waals surface area (Å²) in [5.41, 5.74) is 1.79. The Labute approximate surface area is 99.7 Å². The second-order valence-electron chi connectivity index (χ2n) is 3.46. The fourth-order valence-electron chi connectivity index (χ4n) is 1.92. The van der Waals surface area contributed by atoms with Gasteiger partial charge < -0.3 is 10.1 Å². The molecule has 1 atom stereocenters. The highest BCUT2D eigenvalue weighted by atomic mass is 79.9. The molecule has 0 unspecified atom stereocenters. The first-order chi connectivity index (χ1) is 7.22. The number of rotatable bonds is 0. The number of thioether (sulfide) groups is 1. The summed E-state index contributed by atoms with van der Waals surface area (Å²) in [7, 11) is 0. The predicted molar refractivity (Wildman–Crippen MR) is 62.9 cm³/mol. The minimum absolute atomic E-state index is 0.0573. The number of benzene rings is 1. The van der Waals surface area contributed by atoms with E-state index in [1.807, 2.05) is 18.2 Å². The van der Waals surface area contributed by atoms with Gasteiger partial charge >= 0.3 is 0 Å². The second kappa shape index (κ2) is 3.23. The Kier molecular flexibility index (Phi) is 2.09. The third-order valence-electron chi connectivity index (χ3n) is 2.58. The Morgan fingerprint density at radius 2 is 2.40 bits per heavy atom. The van der Waals surface area contributed by atoms with E-state index in [0.29, 0.717) is 6.61 Å². The maximum atomic E-state index is 11.9. The van der Waals surface area contributed by atoms with Gasteiger partial charge in [-0.05, 0) is 18.2 Å². The number of hydrogen-bond donors (Lipinski definition) is 1. The Balaban J connectivity index is 2.19. The van der Waals surface area contributed by atoms with Crippen LogP contribution in [-0.2, 0) is 14.5 Å². The van der Waals surface area contributed by atoms with Gasteiger partial charge in [-0.2, -0.15) is 0 Å². The van der Waals surface area contributed by atoms with Gasteiger partial charge in [-0.3, -0.25) is 4.79 Å². The van der Waals surface area contributed by atoms with Crippen LogP contribution in [0.1, 0.15) is 5.56 Å². The first-order valence-electron chi connectivity index (χ1n) is 4.62. The number of anilines is 1. The van der Waals surface area contributed by atoms with Crippen molar-refractivity contribution in [1.82, 2.24) is 0 Å². The standard InChI is InChI=1S/C10H8BrNO2S/c11-6-1-2-8-7(5-6)10(9(13)12-8)14-3-4-15-10/h1-2,5H,3-4H2,(H,12,13)/t10-/m0/s1. The molecule has 2 heterocycles. The van der Waals surface area contributed by atoms with E-state index in [4.69, 9.17) is 4.74 Å². The van der Waals surface area contributed by atoms with Crippen LogP contribution >= 0.6 is 27.7 Å². The van der Waals surface area contributed by atoms with Gasteiger partial charge in [-0.1, -0.05) is 15.9 Å². The molecule has 0 radical (unpaired) electrons. The molecule has 0 aromatic heterocycles. The summed E-state index contributed by atoms with van der Waals surface area (Å²) in [6.07, 6.45) is 0. The summed E-state index contributed by atoms with van der Waals surface area (Å²) in [5, 5.41) is 2.85. The van der Waals surface area contributed by atoms with Crippen molar-refractivity contribution in [1.29, 1.82) is 0 Å². The first kappa shape index (κ1) is 9.69. The van der Waals surface area contributed by atoms with Crippen LogP contribution in [0.3, 0.4) is 0 Å². The summed E-state index contributed by atoms with van der Waals surface area (Å²) in [6.45, 7) is 0.629.